The average molecular weight is 304 g/mol. The van der Waals surface area contributed by atoms with Gasteiger partial charge < -0.3 is 15.8 Å². The Hall–Kier alpha value is -1.39. The molecule has 3 N–H and O–H groups in total. The zero-order valence-corrected chi connectivity index (χ0v) is 13.7. The second kappa shape index (κ2) is 7.75. The molecule has 1 aromatic rings. The van der Waals surface area contributed by atoms with E-state index >= 15 is 0 Å². The topological polar surface area (TPSA) is 64.3 Å². The molecule has 0 saturated heterocycles. The maximum Gasteiger partial charge on any atom is 0.224 e. The standard InChI is InChI=1S/C18H28N2O2/c1-14(22-2)15-7-6-8-16(11-15)20-17(21)12-18(13-19)9-4-3-5-10-18/h6-8,11,14H,3-5,9-10,12-13,19H2,1-2H3,(H,20,21). The van der Waals surface area contributed by atoms with Gasteiger partial charge >= 0.3 is 0 Å². The third-order valence-electron chi connectivity index (χ3n) is 4.88. The Morgan fingerprint density at radius 2 is 2.09 bits per heavy atom. The molecule has 1 unspecified atom stereocenters. The van der Waals surface area contributed by atoms with Crippen molar-refractivity contribution in [2.75, 3.05) is 19.0 Å². The van der Waals surface area contributed by atoms with E-state index in [0.29, 0.717) is 13.0 Å². The minimum Gasteiger partial charge on any atom is -0.377 e. The van der Waals surface area contributed by atoms with Crippen LogP contribution < -0.4 is 11.1 Å². The Balaban J connectivity index is 1.99. The lowest BCUT2D eigenvalue weighted by Crippen LogP contribution is -2.36. The van der Waals surface area contributed by atoms with Gasteiger partial charge in [0.15, 0.2) is 0 Å². The SMILES string of the molecule is COC(C)c1cccc(NC(=O)CC2(CN)CCCCC2)c1. The molecule has 1 fully saturated rings. The van der Waals surface area contributed by atoms with Crippen molar-refractivity contribution in [3.05, 3.63) is 29.8 Å². The molecule has 22 heavy (non-hydrogen) atoms. The van der Waals surface area contributed by atoms with E-state index in [-0.39, 0.29) is 17.4 Å². The van der Waals surface area contributed by atoms with Crippen LogP contribution >= 0.6 is 0 Å². The number of benzene rings is 1. The van der Waals surface area contributed by atoms with Gasteiger partial charge in [-0.05, 0) is 49.4 Å². The molecule has 2 rings (SSSR count). The van der Waals surface area contributed by atoms with Gasteiger partial charge in [0.25, 0.3) is 0 Å². The molecule has 1 aliphatic carbocycles. The number of hydrogen-bond donors (Lipinski definition) is 2. The summed E-state index contributed by atoms with van der Waals surface area (Å²) in [6.07, 6.45) is 6.31. The predicted molar refractivity (Wildman–Crippen MR) is 89.7 cm³/mol. The van der Waals surface area contributed by atoms with E-state index < -0.39 is 0 Å². The number of nitrogens with two attached hydrogens (primary N) is 1. The summed E-state index contributed by atoms with van der Waals surface area (Å²) >= 11 is 0. The molecule has 4 nitrogen and oxygen atoms in total. The van der Waals surface area contributed by atoms with E-state index in [1.807, 2.05) is 31.2 Å². The molecule has 1 aromatic carbocycles. The molecule has 4 heteroatoms. The Bertz CT molecular complexity index is 496. The van der Waals surface area contributed by atoms with Crippen LogP contribution in [0.15, 0.2) is 24.3 Å². The predicted octanol–water partition coefficient (Wildman–Crippen LogP) is 3.63. The van der Waals surface area contributed by atoms with Crippen LogP contribution in [0.3, 0.4) is 0 Å². The van der Waals surface area contributed by atoms with E-state index in [0.717, 1.165) is 24.1 Å². The normalized spacial score (nSPS) is 18.7. The fraction of sp³-hybridized carbons (Fsp3) is 0.611. The first-order chi connectivity index (χ1) is 10.6. The molecule has 0 heterocycles. The van der Waals surface area contributed by atoms with Crippen LogP contribution in [0.25, 0.3) is 0 Å². The number of rotatable bonds is 6. The first-order valence-corrected chi connectivity index (χ1v) is 8.21. The molecular formula is C18H28N2O2. The number of carbonyl (C=O) groups excluding carboxylic acids is 1. The highest BCUT2D eigenvalue weighted by Gasteiger charge is 2.32. The number of amides is 1. The van der Waals surface area contributed by atoms with E-state index in [4.69, 9.17) is 10.5 Å². The third kappa shape index (κ3) is 4.31. The molecule has 1 amide bonds. The highest BCUT2D eigenvalue weighted by molar-refractivity contribution is 5.91. The summed E-state index contributed by atoms with van der Waals surface area (Å²) in [5, 5.41) is 3.02. The fourth-order valence-corrected chi connectivity index (χ4v) is 3.31. The van der Waals surface area contributed by atoms with Crippen molar-refractivity contribution in [1.29, 1.82) is 0 Å². The van der Waals surface area contributed by atoms with Crippen molar-refractivity contribution >= 4 is 11.6 Å². The van der Waals surface area contributed by atoms with Crippen molar-refractivity contribution < 1.29 is 9.53 Å². The lowest BCUT2D eigenvalue weighted by Gasteiger charge is -2.35. The van der Waals surface area contributed by atoms with Crippen molar-refractivity contribution in [2.45, 2.75) is 51.6 Å². The Labute approximate surface area is 133 Å². The van der Waals surface area contributed by atoms with E-state index in [1.165, 1.54) is 19.3 Å². The average Bonchev–Trinajstić information content (AvgIpc) is 2.55. The summed E-state index contributed by atoms with van der Waals surface area (Å²) in [5.74, 6) is 0.0644. The number of nitrogens with one attached hydrogen (secondary N) is 1. The maximum atomic E-state index is 12.4. The van der Waals surface area contributed by atoms with Gasteiger partial charge in [-0.15, -0.1) is 0 Å². The number of ether oxygens (including phenoxy) is 1. The van der Waals surface area contributed by atoms with Crippen LogP contribution in [0.2, 0.25) is 0 Å². The Morgan fingerprint density at radius 3 is 2.73 bits per heavy atom. The van der Waals surface area contributed by atoms with E-state index in [2.05, 4.69) is 5.32 Å². The number of carbonyl (C=O) groups is 1. The molecule has 0 aromatic heterocycles. The van der Waals surface area contributed by atoms with Crippen LogP contribution in [0, 0.1) is 5.41 Å². The van der Waals surface area contributed by atoms with Crippen LogP contribution in [0.4, 0.5) is 5.69 Å². The number of anilines is 1. The van der Waals surface area contributed by atoms with Crippen molar-refractivity contribution in [3.8, 4) is 0 Å². The number of hydrogen-bond acceptors (Lipinski definition) is 3. The van der Waals surface area contributed by atoms with Gasteiger partial charge in [0.2, 0.25) is 5.91 Å². The van der Waals surface area contributed by atoms with Gasteiger partial charge in [-0.1, -0.05) is 31.4 Å². The third-order valence-corrected chi connectivity index (χ3v) is 4.88. The minimum atomic E-state index is -0.000233. The molecule has 0 radical (unpaired) electrons. The highest BCUT2D eigenvalue weighted by Crippen LogP contribution is 2.38. The minimum absolute atomic E-state index is 0.000233. The monoisotopic (exact) mass is 304 g/mol. The van der Waals surface area contributed by atoms with E-state index in [9.17, 15) is 4.79 Å². The van der Waals surface area contributed by atoms with Crippen LogP contribution in [0.5, 0.6) is 0 Å². The first-order valence-electron chi connectivity index (χ1n) is 8.21. The summed E-state index contributed by atoms with van der Waals surface area (Å²) in [6, 6.07) is 7.84. The Morgan fingerprint density at radius 1 is 1.36 bits per heavy atom. The van der Waals surface area contributed by atoms with Gasteiger partial charge in [0.1, 0.15) is 0 Å². The summed E-state index contributed by atoms with van der Waals surface area (Å²) in [4.78, 5) is 12.4. The molecule has 0 spiro atoms. The van der Waals surface area contributed by atoms with Crippen molar-refractivity contribution in [1.82, 2.24) is 0 Å². The molecule has 0 bridgehead atoms. The zero-order chi connectivity index (χ0) is 16.0. The van der Waals surface area contributed by atoms with Gasteiger partial charge in [-0.3, -0.25) is 4.79 Å². The molecule has 1 atom stereocenters. The lowest BCUT2D eigenvalue weighted by atomic mass is 9.71. The van der Waals surface area contributed by atoms with Crippen LogP contribution in [0.1, 0.15) is 57.1 Å². The molecule has 1 saturated carbocycles. The quantitative estimate of drug-likeness (QED) is 0.843. The van der Waals surface area contributed by atoms with Crippen molar-refractivity contribution in [2.24, 2.45) is 11.1 Å². The van der Waals surface area contributed by atoms with Gasteiger partial charge in [-0.2, -0.15) is 0 Å². The van der Waals surface area contributed by atoms with E-state index in [1.54, 1.807) is 7.11 Å². The lowest BCUT2D eigenvalue weighted by molar-refractivity contribution is -0.118. The molecule has 1 aliphatic rings. The smallest absolute Gasteiger partial charge is 0.224 e. The Kier molecular flexibility index (Phi) is 5.98. The zero-order valence-electron chi connectivity index (χ0n) is 13.7. The largest absolute Gasteiger partial charge is 0.377 e. The second-order valence-electron chi connectivity index (χ2n) is 6.49. The van der Waals surface area contributed by atoms with Gasteiger partial charge in [0.05, 0.1) is 6.10 Å². The molecular weight excluding hydrogens is 276 g/mol. The maximum absolute atomic E-state index is 12.4. The van der Waals surface area contributed by atoms with Crippen molar-refractivity contribution in [3.63, 3.8) is 0 Å². The van der Waals surface area contributed by atoms with Crippen LogP contribution in [-0.2, 0) is 9.53 Å². The number of methoxy groups -OCH3 is 1. The first kappa shape index (κ1) is 17.0. The fourth-order valence-electron chi connectivity index (χ4n) is 3.31. The molecule has 0 aliphatic heterocycles. The summed E-state index contributed by atoms with van der Waals surface area (Å²) in [6.45, 7) is 2.59. The summed E-state index contributed by atoms with van der Waals surface area (Å²) < 4.78 is 5.32. The van der Waals surface area contributed by atoms with Gasteiger partial charge in [-0.25, -0.2) is 0 Å². The highest BCUT2D eigenvalue weighted by atomic mass is 16.5. The summed E-state index contributed by atoms with van der Waals surface area (Å²) in [7, 11) is 1.68. The summed E-state index contributed by atoms with van der Waals surface area (Å²) in [5.41, 5.74) is 7.85. The van der Waals surface area contributed by atoms with Crippen LogP contribution in [-0.4, -0.2) is 19.6 Å². The second-order valence-corrected chi connectivity index (χ2v) is 6.49. The van der Waals surface area contributed by atoms with Gasteiger partial charge in [0, 0.05) is 19.2 Å². The molecule has 122 valence electrons.